The largest absolute Gasteiger partial charge is 0.492 e. The molecule has 1 unspecified atom stereocenters. The summed E-state index contributed by atoms with van der Waals surface area (Å²) >= 11 is 1.61. The second kappa shape index (κ2) is 7.23. The molecule has 0 saturated carbocycles. The molecule has 1 atom stereocenters. The first-order valence-electron chi connectivity index (χ1n) is 9.07. The molecule has 0 bridgehead atoms. The van der Waals surface area contributed by atoms with E-state index in [9.17, 15) is 4.79 Å². The maximum absolute atomic E-state index is 11.2. The van der Waals surface area contributed by atoms with E-state index in [1.165, 1.54) is 0 Å². The van der Waals surface area contributed by atoms with Gasteiger partial charge in [0.25, 0.3) is 5.91 Å². The fourth-order valence-corrected chi connectivity index (χ4v) is 4.06. The van der Waals surface area contributed by atoms with E-state index >= 15 is 0 Å². The number of carbonyl (C=O) groups excluding carboxylic acids is 1. The van der Waals surface area contributed by atoms with Gasteiger partial charge in [0.1, 0.15) is 17.8 Å². The molecule has 0 aliphatic carbocycles. The van der Waals surface area contributed by atoms with Gasteiger partial charge < -0.3 is 15.2 Å². The van der Waals surface area contributed by atoms with Crippen LogP contribution in [0.2, 0.25) is 0 Å². The van der Waals surface area contributed by atoms with E-state index in [1.54, 1.807) is 36.7 Å². The Morgan fingerprint density at radius 3 is 2.93 bits per heavy atom. The summed E-state index contributed by atoms with van der Waals surface area (Å²) in [6, 6.07) is 5.68. The third-order valence-corrected chi connectivity index (χ3v) is 5.57. The molecule has 0 fully saturated rings. The Balaban J connectivity index is 1.72. The lowest BCUT2D eigenvalue weighted by Crippen LogP contribution is -2.30. The Labute approximate surface area is 166 Å². The lowest BCUT2D eigenvalue weighted by atomic mass is 10.1. The minimum atomic E-state index is -0.715. The molecule has 28 heavy (non-hydrogen) atoms. The maximum atomic E-state index is 11.2. The van der Waals surface area contributed by atoms with Crippen molar-refractivity contribution in [3.8, 4) is 33.6 Å². The summed E-state index contributed by atoms with van der Waals surface area (Å²) in [7, 11) is 0. The number of nitrogens with zero attached hydrogens (tertiary/aromatic N) is 4. The maximum Gasteiger partial charge on any atom is 0.258 e. The van der Waals surface area contributed by atoms with Crippen molar-refractivity contribution in [3.63, 3.8) is 0 Å². The number of hydrogen-bond donors (Lipinski definition) is 1. The zero-order chi connectivity index (χ0) is 19.8. The lowest BCUT2D eigenvalue weighted by molar-refractivity contribution is -0.123. The number of aromatic nitrogens is 4. The molecule has 1 amide bonds. The van der Waals surface area contributed by atoms with Crippen molar-refractivity contribution in [1.82, 2.24) is 19.7 Å². The van der Waals surface area contributed by atoms with E-state index in [1.807, 2.05) is 10.7 Å². The summed E-state index contributed by atoms with van der Waals surface area (Å²) in [5.41, 5.74) is 7.06. The van der Waals surface area contributed by atoms with Gasteiger partial charge in [0.15, 0.2) is 16.9 Å². The molecule has 2 N–H and O–H groups in total. The summed E-state index contributed by atoms with van der Waals surface area (Å²) < 4.78 is 13.4. The SMILES string of the molecule is CC(Oc1ccc2c(c1)OCCc1sc(-c3ncnn3C(C)C)nc1-2)C(N)=O. The van der Waals surface area contributed by atoms with Gasteiger partial charge >= 0.3 is 0 Å². The summed E-state index contributed by atoms with van der Waals surface area (Å²) in [5.74, 6) is 1.46. The van der Waals surface area contributed by atoms with E-state index < -0.39 is 12.0 Å². The Morgan fingerprint density at radius 1 is 1.36 bits per heavy atom. The Bertz CT molecular complexity index is 1030. The van der Waals surface area contributed by atoms with E-state index in [2.05, 4.69) is 23.9 Å². The van der Waals surface area contributed by atoms with Gasteiger partial charge in [0.05, 0.1) is 12.3 Å². The van der Waals surface area contributed by atoms with Gasteiger partial charge in [-0.15, -0.1) is 11.3 Å². The normalized spacial score (nSPS) is 14.0. The second-order valence-electron chi connectivity index (χ2n) is 6.83. The van der Waals surface area contributed by atoms with Gasteiger partial charge in [-0.25, -0.2) is 14.6 Å². The smallest absolute Gasteiger partial charge is 0.258 e. The Hall–Kier alpha value is -2.94. The number of nitrogens with two attached hydrogens (primary N) is 1. The quantitative estimate of drug-likeness (QED) is 0.707. The Morgan fingerprint density at radius 2 is 2.18 bits per heavy atom. The van der Waals surface area contributed by atoms with Crippen LogP contribution in [0.4, 0.5) is 0 Å². The zero-order valence-electron chi connectivity index (χ0n) is 15.9. The standard InChI is InChI=1S/C19H21N5O3S/c1-10(2)24-18(21-9-22-24)19-23-16-13-5-4-12(27-11(3)17(20)25)8-14(13)26-7-6-15(16)28-19/h4-5,8-11H,6-7H2,1-3H3,(H2,20,25). The average molecular weight is 399 g/mol. The van der Waals surface area contributed by atoms with Crippen LogP contribution in [0, 0.1) is 0 Å². The number of benzene rings is 1. The number of thiazole rings is 1. The topological polar surface area (TPSA) is 105 Å². The molecular formula is C19H21N5O3S. The van der Waals surface area contributed by atoms with Crippen molar-refractivity contribution in [2.45, 2.75) is 39.3 Å². The van der Waals surface area contributed by atoms with Crippen molar-refractivity contribution >= 4 is 17.2 Å². The third kappa shape index (κ3) is 3.33. The molecule has 1 aliphatic rings. The van der Waals surface area contributed by atoms with Crippen molar-refractivity contribution in [1.29, 1.82) is 0 Å². The highest BCUT2D eigenvalue weighted by molar-refractivity contribution is 7.15. The lowest BCUT2D eigenvalue weighted by Gasteiger charge is -2.14. The van der Waals surface area contributed by atoms with Crippen LogP contribution in [0.1, 0.15) is 31.7 Å². The predicted molar refractivity (Wildman–Crippen MR) is 105 cm³/mol. The number of hydrogen-bond acceptors (Lipinski definition) is 7. The molecule has 2 aromatic heterocycles. The molecule has 8 nitrogen and oxygen atoms in total. The van der Waals surface area contributed by atoms with Gasteiger partial charge in [-0.05, 0) is 32.9 Å². The van der Waals surface area contributed by atoms with Crippen LogP contribution in [0.25, 0.3) is 22.1 Å². The highest BCUT2D eigenvalue weighted by Crippen LogP contribution is 2.41. The summed E-state index contributed by atoms with van der Waals surface area (Å²) in [4.78, 5) is 21.6. The van der Waals surface area contributed by atoms with Crippen LogP contribution in [-0.2, 0) is 11.2 Å². The minimum Gasteiger partial charge on any atom is -0.492 e. The van der Waals surface area contributed by atoms with Crippen molar-refractivity contribution in [3.05, 3.63) is 29.4 Å². The number of fused-ring (bicyclic) bond motifs is 3. The van der Waals surface area contributed by atoms with Crippen LogP contribution in [0.5, 0.6) is 11.5 Å². The molecule has 0 saturated heterocycles. The third-order valence-electron chi connectivity index (χ3n) is 4.46. The van der Waals surface area contributed by atoms with Gasteiger partial charge in [-0.2, -0.15) is 5.10 Å². The molecule has 9 heteroatoms. The fourth-order valence-electron chi connectivity index (χ4n) is 3.02. The molecule has 146 valence electrons. The van der Waals surface area contributed by atoms with Crippen molar-refractivity contribution in [2.75, 3.05) is 6.61 Å². The minimum absolute atomic E-state index is 0.198. The highest BCUT2D eigenvalue weighted by Gasteiger charge is 2.24. The number of carbonyl (C=O) groups is 1. The van der Waals surface area contributed by atoms with Crippen LogP contribution in [-0.4, -0.2) is 38.4 Å². The summed E-state index contributed by atoms with van der Waals surface area (Å²) in [5, 5.41) is 5.15. The van der Waals surface area contributed by atoms with Gasteiger partial charge in [0, 0.05) is 29.0 Å². The molecular weight excluding hydrogens is 378 g/mol. The fraction of sp³-hybridized carbons (Fsp3) is 0.368. The zero-order valence-corrected chi connectivity index (χ0v) is 16.7. The molecule has 0 radical (unpaired) electrons. The van der Waals surface area contributed by atoms with Gasteiger partial charge in [-0.1, -0.05) is 0 Å². The van der Waals surface area contributed by atoms with Gasteiger partial charge in [0.2, 0.25) is 0 Å². The van der Waals surface area contributed by atoms with E-state index in [0.717, 1.165) is 33.4 Å². The first-order valence-corrected chi connectivity index (χ1v) is 9.88. The predicted octanol–water partition coefficient (Wildman–Crippen LogP) is 2.84. The number of primary amides is 1. The molecule has 1 aromatic carbocycles. The van der Waals surface area contributed by atoms with Crippen LogP contribution < -0.4 is 15.2 Å². The van der Waals surface area contributed by atoms with Crippen LogP contribution >= 0.6 is 11.3 Å². The van der Waals surface area contributed by atoms with E-state index in [4.69, 9.17) is 20.2 Å². The summed E-state index contributed by atoms with van der Waals surface area (Å²) in [6.45, 7) is 6.28. The van der Waals surface area contributed by atoms with Crippen molar-refractivity contribution in [2.24, 2.45) is 5.73 Å². The molecule has 3 heterocycles. The Kier molecular flexibility index (Phi) is 4.76. The van der Waals surface area contributed by atoms with E-state index in [0.29, 0.717) is 18.1 Å². The first-order chi connectivity index (χ1) is 13.4. The van der Waals surface area contributed by atoms with Crippen LogP contribution in [0.3, 0.4) is 0 Å². The molecule has 4 rings (SSSR count). The monoisotopic (exact) mass is 399 g/mol. The van der Waals surface area contributed by atoms with Crippen molar-refractivity contribution < 1.29 is 14.3 Å². The molecule has 1 aliphatic heterocycles. The average Bonchev–Trinajstić information content (AvgIpc) is 3.26. The second-order valence-corrected chi connectivity index (χ2v) is 7.92. The number of amides is 1. The molecule has 3 aromatic rings. The molecule has 0 spiro atoms. The highest BCUT2D eigenvalue weighted by atomic mass is 32.1. The number of rotatable bonds is 5. The van der Waals surface area contributed by atoms with E-state index in [-0.39, 0.29) is 6.04 Å². The first kappa shape index (κ1) is 18.4. The van der Waals surface area contributed by atoms with Crippen LogP contribution in [0.15, 0.2) is 24.5 Å². The number of ether oxygens (including phenoxy) is 2. The van der Waals surface area contributed by atoms with Gasteiger partial charge in [-0.3, -0.25) is 4.79 Å². The summed E-state index contributed by atoms with van der Waals surface area (Å²) in [6.07, 6.45) is 1.60.